The van der Waals surface area contributed by atoms with Crippen LogP contribution in [0.25, 0.3) is 0 Å². The normalized spacial score (nSPS) is 32.4. The van der Waals surface area contributed by atoms with Crippen LogP contribution in [0.4, 0.5) is 0 Å². The molecule has 0 bridgehead atoms. The van der Waals surface area contributed by atoms with Crippen molar-refractivity contribution in [3.8, 4) is 0 Å². The molecule has 2 heterocycles. The summed E-state index contributed by atoms with van der Waals surface area (Å²) in [6.07, 6.45) is 6.38. The molecule has 4 rings (SSSR count). The fraction of sp³-hybridized carbons (Fsp3) is 0.652. The molecule has 0 radical (unpaired) electrons. The van der Waals surface area contributed by atoms with E-state index in [0.29, 0.717) is 25.8 Å². The Hall–Kier alpha value is -1.92. The third-order valence-electron chi connectivity index (χ3n) is 7.03. The first-order chi connectivity index (χ1) is 14.1. The summed E-state index contributed by atoms with van der Waals surface area (Å²) in [7, 11) is 0. The monoisotopic (exact) mass is 399 g/mol. The number of benzene rings is 1. The van der Waals surface area contributed by atoms with Crippen molar-refractivity contribution in [1.29, 1.82) is 0 Å². The summed E-state index contributed by atoms with van der Waals surface area (Å²) in [4.78, 5) is 28.3. The van der Waals surface area contributed by atoms with E-state index in [1.807, 2.05) is 30.3 Å². The number of hydrogen-bond acceptors (Lipinski definition) is 4. The number of fused-ring (bicyclic) bond motifs is 1. The van der Waals surface area contributed by atoms with E-state index in [0.717, 1.165) is 50.8 Å². The third kappa shape index (κ3) is 4.48. The number of nitrogens with one attached hydrogen (secondary N) is 2. The van der Waals surface area contributed by atoms with Gasteiger partial charge in [0.05, 0.1) is 6.10 Å². The van der Waals surface area contributed by atoms with Crippen LogP contribution in [0.1, 0.15) is 56.9 Å². The van der Waals surface area contributed by atoms with Crippen LogP contribution in [0.2, 0.25) is 0 Å². The highest BCUT2D eigenvalue weighted by Crippen LogP contribution is 2.38. The Labute approximate surface area is 173 Å². The van der Waals surface area contributed by atoms with Gasteiger partial charge in [-0.1, -0.05) is 30.3 Å². The largest absolute Gasteiger partial charge is 0.393 e. The van der Waals surface area contributed by atoms with Crippen molar-refractivity contribution < 1.29 is 14.7 Å². The zero-order chi connectivity index (χ0) is 20.3. The molecule has 6 nitrogen and oxygen atoms in total. The molecule has 29 heavy (non-hydrogen) atoms. The predicted molar refractivity (Wildman–Crippen MR) is 111 cm³/mol. The van der Waals surface area contributed by atoms with Crippen molar-refractivity contribution in [2.45, 2.75) is 75.6 Å². The van der Waals surface area contributed by atoms with E-state index in [4.69, 9.17) is 0 Å². The number of carbonyl (C=O) groups excluding carboxylic acids is 2. The van der Waals surface area contributed by atoms with Gasteiger partial charge in [0.15, 0.2) is 0 Å². The number of carbonyl (C=O) groups is 2. The van der Waals surface area contributed by atoms with E-state index in [1.54, 1.807) is 0 Å². The van der Waals surface area contributed by atoms with Gasteiger partial charge in [0.2, 0.25) is 11.8 Å². The molecule has 3 aliphatic rings. The van der Waals surface area contributed by atoms with E-state index < -0.39 is 5.54 Å². The Morgan fingerprint density at radius 1 is 1.10 bits per heavy atom. The summed E-state index contributed by atoms with van der Waals surface area (Å²) in [6.45, 7) is 2.21. The Balaban J connectivity index is 1.38. The molecule has 3 N–H and O–H groups in total. The smallest absolute Gasteiger partial charge is 0.240 e. The number of rotatable bonds is 5. The van der Waals surface area contributed by atoms with Gasteiger partial charge in [-0.15, -0.1) is 0 Å². The molecule has 2 saturated heterocycles. The average molecular weight is 400 g/mol. The SMILES string of the molecule is O=C(N[C@@H]1CN2CCCC[C@@]2(C(=O)NCc2ccccc2)C1)C1CCC(O)CC1. The maximum atomic E-state index is 13.3. The lowest BCUT2D eigenvalue weighted by atomic mass is 9.84. The lowest BCUT2D eigenvalue weighted by molar-refractivity contribution is -0.134. The van der Waals surface area contributed by atoms with Crippen molar-refractivity contribution in [2.75, 3.05) is 13.1 Å². The van der Waals surface area contributed by atoms with Gasteiger partial charge < -0.3 is 15.7 Å². The number of piperidine rings is 1. The number of hydrogen-bond donors (Lipinski definition) is 3. The molecule has 6 heteroatoms. The quantitative estimate of drug-likeness (QED) is 0.707. The van der Waals surface area contributed by atoms with E-state index >= 15 is 0 Å². The predicted octanol–water partition coefficient (Wildman–Crippen LogP) is 1.97. The molecule has 3 fully saturated rings. The highest BCUT2D eigenvalue weighted by atomic mass is 16.3. The fourth-order valence-electron chi connectivity index (χ4n) is 5.37. The van der Waals surface area contributed by atoms with Gasteiger partial charge >= 0.3 is 0 Å². The second-order valence-electron chi connectivity index (χ2n) is 9.02. The zero-order valence-corrected chi connectivity index (χ0v) is 17.1. The summed E-state index contributed by atoms with van der Waals surface area (Å²) in [6, 6.07) is 10.0. The molecule has 2 atom stereocenters. The van der Waals surface area contributed by atoms with Gasteiger partial charge in [-0.25, -0.2) is 0 Å². The average Bonchev–Trinajstić information content (AvgIpc) is 3.12. The Morgan fingerprint density at radius 2 is 1.86 bits per heavy atom. The van der Waals surface area contributed by atoms with Crippen LogP contribution in [-0.4, -0.2) is 52.6 Å². The fourth-order valence-corrected chi connectivity index (χ4v) is 5.37. The Bertz CT molecular complexity index is 717. The minimum Gasteiger partial charge on any atom is -0.393 e. The zero-order valence-electron chi connectivity index (χ0n) is 17.1. The standard InChI is InChI=1S/C23H33N3O3/c27-20-10-8-18(9-11-20)21(28)25-19-14-23(12-4-5-13-26(23)16-19)22(29)24-15-17-6-2-1-3-7-17/h1-3,6-7,18-20,27H,4-5,8-16H2,(H,24,29)(H,25,28)/t18?,19-,20?,23-/m0/s1. The maximum Gasteiger partial charge on any atom is 0.240 e. The number of aliphatic hydroxyl groups excluding tert-OH is 1. The second-order valence-corrected chi connectivity index (χ2v) is 9.02. The van der Waals surface area contributed by atoms with Crippen LogP contribution in [0.3, 0.4) is 0 Å². The van der Waals surface area contributed by atoms with Crippen molar-refractivity contribution in [3.63, 3.8) is 0 Å². The van der Waals surface area contributed by atoms with E-state index in [1.165, 1.54) is 0 Å². The molecular weight excluding hydrogens is 366 g/mol. The van der Waals surface area contributed by atoms with Crippen LogP contribution in [-0.2, 0) is 16.1 Å². The number of nitrogens with zero attached hydrogens (tertiary/aromatic N) is 1. The summed E-state index contributed by atoms with van der Waals surface area (Å²) in [5.41, 5.74) is 0.607. The molecule has 0 spiro atoms. The highest BCUT2D eigenvalue weighted by molar-refractivity contribution is 5.87. The topological polar surface area (TPSA) is 81.7 Å². The van der Waals surface area contributed by atoms with Crippen LogP contribution in [0.15, 0.2) is 30.3 Å². The third-order valence-corrected chi connectivity index (χ3v) is 7.03. The first-order valence-corrected chi connectivity index (χ1v) is 11.1. The summed E-state index contributed by atoms with van der Waals surface area (Å²) in [5.74, 6) is 0.194. The van der Waals surface area contributed by atoms with Crippen molar-refractivity contribution in [3.05, 3.63) is 35.9 Å². The van der Waals surface area contributed by atoms with Crippen LogP contribution in [0.5, 0.6) is 0 Å². The Morgan fingerprint density at radius 3 is 2.62 bits per heavy atom. The van der Waals surface area contributed by atoms with Crippen LogP contribution in [0, 0.1) is 5.92 Å². The minimum atomic E-state index is -0.492. The van der Waals surface area contributed by atoms with Crippen molar-refractivity contribution >= 4 is 11.8 Å². The van der Waals surface area contributed by atoms with Gasteiger partial charge in [0.1, 0.15) is 5.54 Å². The minimum absolute atomic E-state index is 0.00103. The van der Waals surface area contributed by atoms with E-state index in [2.05, 4.69) is 15.5 Å². The second kappa shape index (κ2) is 8.84. The number of aliphatic hydroxyl groups is 1. The molecule has 1 aromatic carbocycles. The molecule has 158 valence electrons. The molecule has 0 aromatic heterocycles. The molecule has 0 unspecified atom stereocenters. The molecule has 1 aromatic rings. The van der Waals surface area contributed by atoms with Gasteiger partial charge in [0.25, 0.3) is 0 Å². The molecule has 2 aliphatic heterocycles. The summed E-state index contributed by atoms with van der Waals surface area (Å²) in [5, 5.41) is 16.1. The van der Waals surface area contributed by atoms with Crippen molar-refractivity contribution in [2.24, 2.45) is 5.92 Å². The van der Waals surface area contributed by atoms with Gasteiger partial charge in [-0.2, -0.15) is 0 Å². The molecule has 1 saturated carbocycles. The first-order valence-electron chi connectivity index (χ1n) is 11.1. The van der Waals surface area contributed by atoms with Gasteiger partial charge in [-0.3, -0.25) is 14.5 Å². The van der Waals surface area contributed by atoms with Crippen molar-refractivity contribution in [1.82, 2.24) is 15.5 Å². The highest BCUT2D eigenvalue weighted by Gasteiger charge is 2.52. The lowest BCUT2D eigenvalue weighted by Gasteiger charge is -2.40. The van der Waals surface area contributed by atoms with Crippen LogP contribution >= 0.6 is 0 Å². The summed E-state index contributed by atoms with van der Waals surface area (Å²) < 4.78 is 0. The molecular formula is C23H33N3O3. The van der Waals surface area contributed by atoms with Gasteiger partial charge in [0, 0.05) is 25.0 Å². The van der Waals surface area contributed by atoms with E-state index in [9.17, 15) is 14.7 Å². The lowest BCUT2D eigenvalue weighted by Crippen LogP contribution is -2.57. The Kier molecular flexibility index (Phi) is 6.20. The summed E-state index contributed by atoms with van der Waals surface area (Å²) >= 11 is 0. The first kappa shape index (κ1) is 20.4. The molecule has 1 aliphatic carbocycles. The van der Waals surface area contributed by atoms with Crippen LogP contribution < -0.4 is 10.6 Å². The number of amides is 2. The van der Waals surface area contributed by atoms with E-state index in [-0.39, 0.29) is 29.9 Å². The molecule has 2 amide bonds. The van der Waals surface area contributed by atoms with Gasteiger partial charge in [-0.05, 0) is 63.5 Å². The maximum absolute atomic E-state index is 13.3.